The molecule has 1 saturated carbocycles. The van der Waals surface area contributed by atoms with Gasteiger partial charge in [-0.3, -0.25) is 9.59 Å². The van der Waals surface area contributed by atoms with Crippen LogP contribution in [0.25, 0.3) is 0 Å². The fraction of sp³-hybridized carbons (Fsp3) is 0.391. The summed E-state index contributed by atoms with van der Waals surface area (Å²) in [6, 6.07) is 18.1. The number of rotatable bonds is 6. The van der Waals surface area contributed by atoms with E-state index in [4.69, 9.17) is 0 Å². The van der Waals surface area contributed by atoms with Crippen LogP contribution in [0.3, 0.4) is 0 Å². The molecule has 26 heavy (non-hydrogen) atoms. The van der Waals surface area contributed by atoms with E-state index in [9.17, 15) is 9.59 Å². The van der Waals surface area contributed by atoms with Gasteiger partial charge in [0.15, 0.2) is 0 Å². The normalized spacial score (nSPS) is 19.2. The topological polar surface area (TPSA) is 46.2 Å². The molecule has 1 amide bonds. The molecule has 0 aromatic heterocycles. The fourth-order valence-corrected chi connectivity index (χ4v) is 3.65. The number of ketones is 1. The van der Waals surface area contributed by atoms with Crippen LogP contribution in [-0.4, -0.2) is 11.7 Å². The zero-order valence-electron chi connectivity index (χ0n) is 15.6. The van der Waals surface area contributed by atoms with Crippen molar-refractivity contribution in [3.63, 3.8) is 0 Å². The van der Waals surface area contributed by atoms with Crippen LogP contribution in [0, 0.1) is 5.92 Å². The van der Waals surface area contributed by atoms with Crippen molar-refractivity contribution >= 4 is 11.7 Å². The lowest BCUT2D eigenvalue weighted by molar-refractivity contribution is -0.123. The average molecular weight is 349 g/mol. The van der Waals surface area contributed by atoms with Crippen LogP contribution in [0.15, 0.2) is 54.6 Å². The van der Waals surface area contributed by atoms with Crippen molar-refractivity contribution in [3.05, 3.63) is 71.3 Å². The Morgan fingerprint density at radius 1 is 1.04 bits per heavy atom. The molecular weight excluding hydrogens is 322 g/mol. The van der Waals surface area contributed by atoms with Crippen molar-refractivity contribution in [1.82, 2.24) is 5.32 Å². The maximum Gasteiger partial charge on any atom is 0.227 e. The summed E-state index contributed by atoms with van der Waals surface area (Å²) in [5, 5.41) is 3.09. The zero-order valence-corrected chi connectivity index (χ0v) is 15.6. The first kappa shape index (κ1) is 18.4. The number of nitrogens with one attached hydrogen (secondary N) is 1. The van der Waals surface area contributed by atoms with Gasteiger partial charge in [0.2, 0.25) is 5.91 Å². The summed E-state index contributed by atoms with van der Waals surface area (Å²) in [6.07, 6.45) is 3.60. The largest absolute Gasteiger partial charge is 0.349 e. The van der Waals surface area contributed by atoms with Gasteiger partial charge in [0.1, 0.15) is 5.78 Å². The molecule has 3 atom stereocenters. The number of hydrogen-bond donors (Lipinski definition) is 1. The number of hydrogen-bond acceptors (Lipinski definition) is 2. The molecule has 2 aromatic carbocycles. The van der Waals surface area contributed by atoms with E-state index in [0.29, 0.717) is 5.78 Å². The van der Waals surface area contributed by atoms with Gasteiger partial charge in [-0.05, 0) is 49.8 Å². The molecule has 136 valence electrons. The summed E-state index contributed by atoms with van der Waals surface area (Å²) >= 11 is 0. The average Bonchev–Trinajstić information content (AvgIpc) is 3.07. The van der Waals surface area contributed by atoms with Crippen molar-refractivity contribution in [1.29, 1.82) is 0 Å². The highest BCUT2D eigenvalue weighted by molar-refractivity contribution is 5.84. The van der Waals surface area contributed by atoms with Crippen LogP contribution < -0.4 is 5.32 Å². The second-order valence-corrected chi connectivity index (χ2v) is 7.36. The minimum absolute atomic E-state index is 0.0150. The molecule has 3 nitrogen and oxygen atoms in total. The zero-order chi connectivity index (χ0) is 18.5. The maximum atomic E-state index is 12.6. The third-order valence-corrected chi connectivity index (χ3v) is 5.44. The van der Waals surface area contributed by atoms with Gasteiger partial charge in [-0.25, -0.2) is 0 Å². The molecule has 3 heteroatoms. The third kappa shape index (κ3) is 4.40. The van der Waals surface area contributed by atoms with E-state index in [1.54, 1.807) is 0 Å². The third-order valence-electron chi connectivity index (χ3n) is 5.44. The first-order valence-corrected chi connectivity index (χ1v) is 9.51. The van der Waals surface area contributed by atoms with E-state index < -0.39 is 0 Å². The van der Waals surface area contributed by atoms with Gasteiger partial charge in [0.25, 0.3) is 0 Å². The molecule has 0 heterocycles. The Balaban J connectivity index is 1.59. The van der Waals surface area contributed by atoms with Crippen LogP contribution in [0.5, 0.6) is 0 Å². The summed E-state index contributed by atoms with van der Waals surface area (Å²) in [5.74, 6) is 0.411. The number of benzene rings is 2. The van der Waals surface area contributed by atoms with Crippen molar-refractivity contribution in [2.45, 2.75) is 51.5 Å². The molecule has 0 saturated heterocycles. The summed E-state index contributed by atoms with van der Waals surface area (Å²) in [4.78, 5) is 24.4. The molecule has 0 radical (unpaired) electrons. The van der Waals surface area contributed by atoms with Crippen molar-refractivity contribution in [3.8, 4) is 0 Å². The minimum Gasteiger partial charge on any atom is -0.349 e. The van der Waals surface area contributed by atoms with Crippen molar-refractivity contribution in [2.24, 2.45) is 5.92 Å². The maximum absolute atomic E-state index is 12.6. The molecule has 3 rings (SSSR count). The van der Waals surface area contributed by atoms with E-state index in [1.165, 1.54) is 5.56 Å². The SMILES string of the molecule is CC(C(=O)N[C@@H](C)c1ccccc1)c1ccc(C[C@H]2CCCC2=O)cc1. The monoisotopic (exact) mass is 349 g/mol. The van der Waals surface area contributed by atoms with Crippen LogP contribution in [0.1, 0.15) is 61.8 Å². The highest BCUT2D eigenvalue weighted by Crippen LogP contribution is 2.26. The summed E-state index contributed by atoms with van der Waals surface area (Å²) in [6.45, 7) is 3.93. The molecule has 1 N–H and O–H groups in total. The lowest BCUT2D eigenvalue weighted by Crippen LogP contribution is -2.30. The van der Waals surface area contributed by atoms with Gasteiger partial charge >= 0.3 is 0 Å². The number of amides is 1. The first-order valence-electron chi connectivity index (χ1n) is 9.51. The van der Waals surface area contributed by atoms with Gasteiger partial charge in [-0.1, -0.05) is 54.6 Å². The molecule has 1 unspecified atom stereocenters. The molecule has 2 aromatic rings. The first-order chi connectivity index (χ1) is 12.5. The summed E-state index contributed by atoms with van der Waals surface area (Å²) in [5.41, 5.74) is 3.29. The van der Waals surface area contributed by atoms with E-state index in [-0.39, 0.29) is 23.8 Å². The highest BCUT2D eigenvalue weighted by atomic mass is 16.2. The van der Waals surface area contributed by atoms with Gasteiger partial charge in [0, 0.05) is 12.3 Å². The Hall–Kier alpha value is -2.42. The molecule has 0 spiro atoms. The Morgan fingerprint density at radius 2 is 1.73 bits per heavy atom. The van der Waals surface area contributed by atoms with E-state index in [1.807, 2.05) is 56.3 Å². The minimum atomic E-state index is -0.205. The Labute approximate surface area is 155 Å². The smallest absolute Gasteiger partial charge is 0.227 e. The molecular formula is C23H27NO2. The number of Topliss-reactive ketones (excluding diaryl/α,β-unsaturated/α-hetero) is 1. The van der Waals surface area contributed by atoms with Crippen LogP contribution in [-0.2, 0) is 16.0 Å². The van der Waals surface area contributed by atoms with Gasteiger partial charge in [-0.15, -0.1) is 0 Å². The second kappa shape index (κ2) is 8.31. The van der Waals surface area contributed by atoms with E-state index in [2.05, 4.69) is 17.4 Å². The Kier molecular flexibility index (Phi) is 5.87. The quantitative estimate of drug-likeness (QED) is 0.830. The van der Waals surface area contributed by atoms with E-state index >= 15 is 0 Å². The van der Waals surface area contributed by atoms with Crippen LogP contribution in [0.2, 0.25) is 0 Å². The Morgan fingerprint density at radius 3 is 2.35 bits per heavy atom. The predicted molar refractivity (Wildman–Crippen MR) is 104 cm³/mol. The van der Waals surface area contributed by atoms with Crippen molar-refractivity contribution in [2.75, 3.05) is 0 Å². The summed E-state index contributed by atoms with van der Waals surface area (Å²) < 4.78 is 0. The van der Waals surface area contributed by atoms with Crippen LogP contribution >= 0.6 is 0 Å². The molecule has 1 aliphatic rings. The van der Waals surface area contributed by atoms with E-state index in [0.717, 1.165) is 36.8 Å². The fourth-order valence-electron chi connectivity index (χ4n) is 3.65. The van der Waals surface area contributed by atoms with Gasteiger partial charge in [-0.2, -0.15) is 0 Å². The molecule has 0 bridgehead atoms. The Bertz CT molecular complexity index is 752. The standard InChI is InChI=1S/C23H27NO2/c1-16(23(26)24-17(2)20-7-4-3-5-8-20)19-13-11-18(12-14-19)15-21-9-6-10-22(21)25/h3-5,7-8,11-14,16-17,21H,6,9-10,15H2,1-2H3,(H,24,26)/t16?,17-,21+/m0/s1. The highest BCUT2D eigenvalue weighted by Gasteiger charge is 2.24. The molecule has 0 aliphatic heterocycles. The summed E-state index contributed by atoms with van der Waals surface area (Å²) in [7, 11) is 0. The van der Waals surface area contributed by atoms with Gasteiger partial charge < -0.3 is 5.32 Å². The number of carbonyl (C=O) groups is 2. The lowest BCUT2D eigenvalue weighted by atomic mass is 9.93. The number of carbonyl (C=O) groups excluding carboxylic acids is 2. The second-order valence-electron chi connectivity index (χ2n) is 7.36. The van der Waals surface area contributed by atoms with Crippen LogP contribution in [0.4, 0.5) is 0 Å². The lowest BCUT2D eigenvalue weighted by Gasteiger charge is -2.18. The predicted octanol–water partition coefficient (Wildman–Crippen LogP) is 4.58. The molecule has 1 aliphatic carbocycles. The molecule has 1 fully saturated rings. The van der Waals surface area contributed by atoms with Crippen molar-refractivity contribution < 1.29 is 9.59 Å². The van der Waals surface area contributed by atoms with Gasteiger partial charge in [0.05, 0.1) is 12.0 Å².